The molecule has 1 rings (SSSR count). The predicted molar refractivity (Wildman–Crippen MR) is 68.4 cm³/mol. The molecule has 1 aromatic rings. The fourth-order valence-electron chi connectivity index (χ4n) is 1.33. The molecule has 0 spiro atoms. The van der Waals surface area contributed by atoms with Crippen LogP contribution in [0.4, 0.5) is 4.39 Å². The zero-order valence-electron chi connectivity index (χ0n) is 11.3. The van der Waals surface area contributed by atoms with E-state index in [1.54, 1.807) is 6.92 Å². The Balaban J connectivity index is 0.00000137. The van der Waals surface area contributed by atoms with E-state index in [1.165, 1.54) is 23.9 Å². The van der Waals surface area contributed by atoms with Crippen LogP contribution >= 0.6 is 0 Å². The molecule has 0 saturated carbocycles. The number of hydrogen-bond donors (Lipinski definition) is 1. The van der Waals surface area contributed by atoms with Crippen molar-refractivity contribution in [2.75, 3.05) is 7.11 Å². The van der Waals surface area contributed by atoms with Crippen molar-refractivity contribution in [1.29, 1.82) is 0 Å². The van der Waals surface area contributed by atoms with E-state index in [4.69, 9.17) is 4.74 Å². The summed E-state index contributed by atoms with van der Waals surface area (Å²) in [6, 6.07) is 1.22. The Bertz CT molecular complexity index is 449. The molecule has 0 radical (unpaired) electrons. The van der Waals surface area contributed by atoms with E-state index in [-0.39, 0.29) is 19.4 Å². The van der Waals surface area contributed by atoms with Crippen molar-refractivity contribution in [3.05, 3.63) is 33.1 Å². The second kappa shape index (κ2) is 7.81. The van der Waals surface area contributed by atoms with Gasteiger partial charge in [0.15, 0.2) is 0 Å². The third-order valence-electron chi connectivity index (χ3n) is 2.52. The average Bonchev–Trinajstić information content (AvgIpc) is 2.40. The van der Waals surface area contributed by atoms with Crippen LogP contribution in [0.15, 0.2) is 21.9 Å². The van der Waals surface area contributed by atoms with Gasteiger partial charge in [-0.25, -0.2) is 9.18 Å². The van der Waals surface area contributed by atoms with E-state index >= 15 is 0 Å². The molecule has 1 N–H and O–H groups in total. The van der Waals surface area contributed by atoms with E-state index in [2.05, 4.69) is 4.98 Å². The standard InChI is InChI=1S/C10H15FN2O3.C2H6/c1-3-10(11,16-2)5-7-13-6-4-8(14)12-9(13)15;1-2/h4,6H,3,5,7H2,1-2H3,(H,12,14,15);1-2H3. The maximum absolute atomic E-state index is 13.7. The quantitative estimate of drug-likeness (QED) is 0.876. The van der Waals surface area contributed by atoms with Gasteiger partial charge in [0.2, 0.25) is 5.85 Å². The van der Waals surface area contributed by atoms with Crippen molar-refractivity contribution < 1.29 is 9.13 Å². The number of H-pyrrole nitrogens is 1. The maximum atomic E-state index is 13.7. The second-order valence-electron chi connectivity index (χ2n) is 3.49. The summed E-state index contributed by atoms with van der Waals surface area (Å²) in [5, 5.41) is 0. The normalized spacial score (nSPS) is 13.4. The highest BCUT2D eigenvalue weighted by molar-refractivity contribution is 4.83. The lowest BCUT2D eigenvalue weighted by Crippen LogP contribution is -2.32. The van der Waals surface area contributed by atoms with Crippen LogP contribution in [-0.4, -0.2) is 22.5 Å². The number of hydrogen-bond acceptors (Lipinski definition) is 3. The minimum absolute atomic E-state index is 0.0615. The SMILES string of the molecule is CC.CCC(F)(CCn1ccc(=O)[nH]c1=O)OC. The molecule has 1 heterocycles. The van der Waals surface area contributed by atoms with Crippen LogP contribution in [0.2, 0.25) is 0 Å². The highest BCUT2D eigenvalue weighted by Crippen LogP contribution is 2.21. The van der Waals surface area contributed by atoms with Crippen LogP contribution in [0.3, 0.4) is 0 Å². The summed E-state index contributed by atoms with van der Waals surface area (Å²) in [5.74, 6) is -1.73. The van der Waals surface area contributed by atoms with E-state index in [9.17, 15) is 14.0 Å². The van der Waals surface area contributed by atoms with Gasteiger partial charge in [-0.2, -0.15) is 0 Å². The topological polar surface area (TPSA) is 64.1 Å². The Morgan fingerprint density at radius 3 is 2.50 bits per heavy atom. The lowest BCUT2D eigenvalue weighted by molar-refractivity contribution is -0.131. The average molecular weight is 260 g/mol. The Hall–Kier alpha value is -1.43. The molecule has 0 amide bonds. The Morgan fingerprint density at radius 1 is 1.44 bits per heavy atom. The minimum atomic E-state index is -1.73. The molecule has 0 bridgehead atoms. The van der Waals surface area contributed by atoms with Crippen molar-refractivity contribution in [3.63, 3.8) is 0 Å². The van der Waals surface area contributed by atoms with Crippen molar-refractivity contribution >= 4 is 0 Å². The monoisotopic (exact) mass is 260 g/mol. The van der Waals surface area contributed by atoms with E-state index in [0.717, 1.165) is 0 Å². The number of nitrogens with one attached hydrogen (secondary N) is 1. The maximum Gasteiger partial charge on any atom is 0.328 e. The Kier molecular flexibility index (Phi) is 7.19. The van der Waals surface area contributed by atoms with Gasteiger partial charge in [-0.3, -0.25) is 9.78 Å². The smallest absolute Gasteiger partial charge is 0.328 e. The van der Waals surface area contributed by atoms with E-state index in [0.29, 0.717) is 0 Å². The molecule has 1 unspecified atom stereocenters. The summed E-state index contributed by atoms with van der Waals surface area (Å²) in [6.07, 6.45) is 1.61. The number of methoxy groups -OCH3 is 1. The van der Waals surface area contributed by atoms with Crippen LogP contribution in [0, 0.1) is 0 Å². The van der Waals surface area contributed by atoms with E-state index < -0.39 is 17.1 Å². The van der Waals surface area contributed by atoms with Crippen molar-refractivity contribution in [1.82, 2.24) is 9.55 Å². The molecule has 0 aromatic carbocycles. The molecule has 6 heteroatoms. The second-order valence-corrected chi connectivity index (χ2v) is 3.49. The first kappa shape index (κ1) is 16.6. The first-order valence-corrected chi connectivity index (χ1v) is 6.04. The third-order valence-corrected chi connectivity index (χ3v) is 2.52. The number of rotatable bonds is 5. The first-order valence-electron chi connectivity index (χ1n) is 6.04. The van der Waals surface area contributed by atoms with Gasteiger partial charge >= 0.3 is 5.69 Å². The predicted octanol–water partition coefficient (Wildman–Crippen LogP) is 1.68. The molecule has 1 atom stereocenters. The fraction of sp³-hybridized carbons (Fsp3) is 0.667. The van der Waals surface area contributed by atoms with Gasteiger partial charge < -0.3 is 9.30 Å². The molecule has 0 aliphatic heterocycles. The van der Waals surface area contributed by atoms with Gasteiger partial charge in [-0.05, 0) is 0 Å². The summed E-state index contributed by atoms with van der Waals surface area (Å²) in [6.45, 7) is 5.83. The summed E-state index contributed by atoms with van der Waals surface area (Å²) < 4.78 is 19.7. The molecule has 104 valence electrons. The largest absolute Gasteiger partial charge is 0.349 e. The number of ether oxygens (including phenoxy) is 1. The number of halogens is 1. The van der Waals surface area contributed by atoms with Crippen LogP contribution in [0.5, 0.6) is 0 Å². The molecule has 0 saturated heterocycles. The molecule has 0 fully saturated rings. The van der Waals surface area contributed by atoms with Crippen molar-refractivity contribution in [2.24, 2.45) is 0 Å². The summed E-state index contributed by atoms with van der Waals surface area (Å²) in [5.41, 5.74) is -1.00. The number of aromatic amines is 1. The molecule has 0 aliphatic rings. The van der Waals surface area contributed by atoms with Crippen molar-refractivity contribution in [2.45, 2.75) is 46.0 Å². The zero-order valence-corrected chi connectivity index (χ0v) is 11.3. The first-order chi connectivity index (χ1) is 8.50. The zero-order chi connectivity index (χ0) is 14.2. The number of nitrogens with zero attached hydrogens (tertiary/aromatic N) is 1. The lowest BCUT2D eigenvalue weighted by Gasteiger charge is -2.21. The van der Waals surface area contributed by atoms with Gasteiger partial charge in [0, 0.05) is 38.8 Å². The van der Waals surface area contributed by atoms with Gasteiger partial charge in [0.05, 0.1) is 0 Å². The van der Waals surface area contributed by atoms with Gasteiger partial charge in [0.1, 0.15) is 0 Å². The summed E-state index contributed by atoms with van der Waals surface area (Å²) in [4.78, 5) is 24.2. The molecule has 5 nitrogen and oxygen atoms in total. The molecular weight excluding hydrogens is 239 g/mol. The van der Waals surface area contributed by atoms with Gasteiger partial charge in [-0.15, -0.1) is 0 Å². The van der Waals surface area contributed by atoms with Crippen LogP contribution in [-0.2, 0) is 11.3 Å². The number of alkyl halides is 1. The fourth-order valence-corrected chi connectivity index (χ4v) is 1.33. The molecular formula is C12H21FN2O3. The van der Waals surface area contributed by atoms with Crippen LogP contribution < -0.4 is 11.2 Å². The van der Waals surface area contributed by atoms with Crippen molar-refractivity contribution in [3.8, 4) is 0 Å². The minimum Gasteiger partial charge on any atom is -0.349 e. The van der Waals surface area contributed by atoms with E-state index in [1.807, 2.05) is 13.8 Å². The van der Waals surface area contributed by atoms with Gasteiger partial charge in [-0.1, -0.05) is 20.8 Å². The summed E-state index contributed by atoms with van der Waals surface area (Å²) in [7, 11) is 1.29. The third kappa shape index (κ3) is 4.83. The molecule has 0 aliphatic carbocycles. The Morgan fingerprint density at radius 2 is 2.06 bits per heavy atom. The highest BCUT2D eigenvalue weighted by atomic mass is 19.2. The molecule has 1 aromatic heterocycles. The van der Waals surface area contributed by atoms with Crippen LogP contribution in [0.25, 0.3) is 0 Å². The Labute approximate surface area is 106 Å². The number of aromatic nitrogens is 2. The van der Waals surface area contributed by atoms with Crippen LogP contribution in [0.1, 0.15) is 33.6 Å². The highest BCUT2D eigenvalue weighted by Gasteiger charge is 2.26. The summed E-state index contributed by atoms with van der Waals surface area (Å²) >= 11 is 0. The van der Waals surface area contributed by atoms with Gasteiger partial charge in [0.25, 0.3) is 5.56 Å². The molecule has 18 heavy (non-hydrogen) atoms. The lowest BCUT2D eigenvalue weighted by atomic mass is 10.1. The number of aryl methyl sites for hydroxylation is 1.